The highest BCUT2D eigenvalue weighted by Gasteiger charge is 2.19. The summed E-state index contributed by atoms with van der Waals surface area (Å²) >= 11 is 0. The van der Waals surface area contributed by atoms with E-state index in [1.807, 2.05) is 0 Å². The Morgan fingerprint density at radius 2 is 2.36 bits per heavy atom. The van der Waals surface area contributed by atoms with Crippen molar-refractivity contribution >= 4 is 0 Å². The third-order valence-corrected chi connectivity index (χ3v) is 2.69. The molecule has 5 nitrogen and oxygen atoms in total. The first kappa shape index (κ1) is 9.48. The monoisotopic (exact) mass is 196 g/mol. The minimum atomic E-state index is -0.0178. The van der Waals surface area contributed by atoms with E-state index in [1.54, 1.807) is 4.57 Å². The molecule has 0 fully saturated rings. The van der Waals surface area contributed by atoms with Gasteiger partial charge in [-0.05, 0) is 7.05 Å². The van der Waals surface area contributed by atoms with Gasteiger partial charge in [0.25, 0.3) is 0 Å². The fourth-order valence-electron chi connectivity index (χ4n) is 1.98. The molecule has 0 aromatic carbocycles. The smallest absolute Gasteiger partial charge is 0.326 e. The highest BCUT2D eigenvalue weighted by Crippen LogP contribution is 2.13. The second-order valence-corrected chi connectivity index (χ2v) is 3.78. The molecular weight excluding hydrogens is 180 g/mol. The second-order valence-electron chi connectivity index (χ2n) is 3.78. The molecule has 0 aliphatic carbocycles. The third-order valence-electron chi connectivity index (χ3n) is 2.69. The van der Waals surface area contributed by atoms with E-state index in [-0.39, 0.29) is 5.69 Å². The van der Waals surface area contributed by atoms with E-state index in [4.69, 9.17) is 5.73 Å². The third kappa shape index (κ3) is 1.49. The molecule has 0 unspecified atom stereocenters. The van der Waals surface area contributed by atoms with Crippen LogP contribution in [0.1, 0.15) is 11.4 Å². The number of imidazole rings is 1. The molecule has 0 atom stereocenters. The first-order valence-corrected chi connectivity index (χ1v) is 4.91. The molecule has 2 rings (SSSR count). The molecule has 78 valence electrons. The Bertz CT molecular complexity index is 379. The van der Waals surface area contributed by atoms with Crippen LogP contribution in [0.2, 0.25) is 0 Å². The number of aromatic amines is 1. The number of fused-ring (bicyclic) bond motifs is 1. The predicted octanol–water partition coefficient (Wildman–Crippen LogP) is -0.877. The van der Waals surface area contributed by atoms with Crippen molar-refractivity contribution in [2.24, 2.45) is 5.73 Å². The van der Waals surface area contributed by atoms with Crippen molar-refractivity contribution < 1.29 is 0 Å². The quantitative estimate of drug-likeness (QED) is 0.645. The van der Waals surface area contributed by atoms with Gasteiger partial charge in [0.05, 0.1) is 5.69 Å². The fourth-order valence-corrected chi connectivity index (χ4v) is 1.98. The fraction of sp³-hybridized carbons (Fsp3) is 0.667. The summed E-state index contributed by atoms with van der Waals surface area (Å²) in [4.78, 5) is 16.6. The van der Waals surface area contributed by atoms with Crippen molar-refractivity contribution in [3.63, 3.8) is 0 Å². The largest absolute Gasteiger partial charge is 0.329 e. The van der Waals surface area contributed by atoms with Crippen LogP contribution < -0.4 is 11.4 Å². The summed E-state index contributed by atoms with van der Waals surface area (Å²) in [5.74, 6) is 0. The first-order valence-electron chi connectivity index (χ1n) is 4.91. The number of nitrogens with two attached hydrogens (primary N) is 1. The lowest BCUT2D eigenvalue weighted by atomic mass is 10.1. The minimum absolute atomic E-state index is 0.0178. The lowest BCUT2D eigenvalue weighted by molar-refractivity contribution is 0.304. The molecule has 5 heteroatoms. The van der Waals surface area contributed by atoms with E-state index in [0.717, 1.165) is 30.9 Å². The number of hydrogen-bond acceptors (Lipinski definition) is 3. The van der Waals surface area contributed by atoms with E-state index in [9.17, 15) is 4.79 Å². The van der Waals surface area contributed by atoms with E-state index in [1.165, 1.54) is 0 Å². The van der Waals surface area contributed by atoms with Crippen molar-refractivity contribution in [2.75, 3.05) is 20.1 Å². The van der Waals surface area contributed by atoms with Gasteiger partial charge in [-0.1, -0.05) is 0 Å². The Morgan fingerprint density at radius 1 is 1.57 bits per heavy atom. The minimum Gasteiger partial charge on any atom is -0.329 e. The number of nitrogens with zero attached hydrogens (tertiary/aromatic N) is 2. The van der Waals surface area contributed by atoms with Crippen molar-refractivity contribution in [3.05, 3.63) is 21.9 Å². The molecule has 0 saturated heterocycles. The van der Waals surface area contributed by atoms with E-state index in [2.05, 4.69) is 16.9 Å². The number of aromatic nitrogens is 2. The standard InChI is InChI=1S/C9H16N4O/c1-12-4-2-8-7(6-12)11-9(14)13(8)5-3-10/h2-6,10H2,1H3,(H,11,14). The summed E-state index contributed by atoms with van der Waals surface area (Å²) in [5, 5.41) is 0. The summed E-state index contributed by atoms with van der Waals surface area (Å²) in [6, 6.07) is 0. The molecule has 3 N–H and O–H groups in total. The molecule has 0 radical (unpaired) electrons. The van der Waals surface area contributed by atoms with Crippen LogP contribution in [-0.2, 0) is 19.5 Å². The SMILES string of the molecule is CN1CCc2c([nH]c(=O)n2CCN)C1. The molecule has 2 heterocycles. The predicted molar refractivity (Wildman–Crippen MR) is 54.1 cm³/mol. The Hall–Kier alpha value is -1.07. The van der Waals surface area contributed by atoms with E-state index >= 15 is 0 Å². The number of H-pyrrole nitrogens is 1. The molecular formula is C9H16N4O. The average molecular weight is 196 g/mol. The van der Waals surface area contributed by atoms with Gasteiger partial charge in [0, 0.05) is 38.3 Å². The second kappa shape index (κ2) is 3.59. The van der Waals surface area contributed by atoms with Crippen molar-refractivity contribution in [1.82, 2.24) is 14.5 Å². The Balaban J connectivity index is 2.38. The van der Waals surface area contributed by atoms with E-state index < -0.39 is 0 Å². The summed E-state index contributed by atoms with van der Waals surface area (Å²) in [5.41, 5.74) is 7.64. The molecule has 0 amide bonds. The molecule has 1 aromatic rings. The maximum atomic E-state index is 11.5. The van der Waals surface area contributed by atoms with Crippen LogP contribution >= 0.6 is 0 Å². The summed E-state index contributed by atoms with van der Waals surface area (Å²) < 4.78 is 1.77. The number of likely N-dealkylation sites (N-methyl/N-ethyl adjacent to an activating group) is 1. The van der Waals surface area contributed by atoms with Gasteiger partial charge in [0.1, 0.15) is 0 Å². The van der Waals surface area contributed by atoms with Crippen LogP contribution in [-0.4, -0.2) is 34.6 Å². The topological polar surface area (TPSA) is 67.0 Å². The van der Waals surface area contributed by atoms with Gasteiger partial charge < -0.3 is 15.6 Å². The van der Waals surface area contributed by atoms with Gasteiger partial charge in [-0.2, -0.15) is 0 Å². The molecule has 0 spiro atoms. The van der Waals surface area contributed by atoms with Crippen LogP contribution in [0.4, 0.5) is 0 Å². The zero-order valence-electron chi connectivity index (χ0n) is 8.42. The summed E-state index contributed by atoms with van der Waals surface area (Å²) in [7, 11) is 2.06. The molecule has 1 aliphatic rings. The van der Waals surface area contributed by atoms with Crippen LogP contribution in [0.25, 0.3) is 0 Å². The van der Waals surface area contributed by atoms with Crippen LogP contribution in [0.15, 0.2) is 4.79 Å². The highest BCUT2D eigenvalue weighted by molar-refractivity contribution is 5.16. The first-order chi connectivity index (χ1) is 6.72. The van der Waals surface area contributed by atoms with Gasteiger partial charge in [0.2, 0.25) is 0 Å². The zero-order valence-corrected chi connectivity index (χ0v) is 8.42. The molecule has 0 bridgehead atoms. The van der Waals surface area contributed by atoms with Gasteiger partial charge >= 0.3 is 5.69 Å². The number of nitrogens with one attached hydrogen (secondary N) is 1. The van der Waals surface area contributed by atoms with Crippen molar-refractivity contribution in [2.45, 2.75) is 19.5 Å². The average Bonchev–Trinajstić information content (AvgIpc) is 2.43. The van der Waals surface area contributed by atoms with Crippen LogP contribution in [0, 0.1) is 0 Å². The Kier molecular flexibility index (Phi) is 2.43. The number of hydrogen-bond donors (Lipinski definition) is 2. The van der Waals surface area contributed by atoms with Gasteiger partial charge in [-0.3, -0.25) is 4.57 Å². The number of rotatable bonds is 2. The zero-order chi connectivity index (χ0) is 10.1. The summed E-state index contributed by atoms with van der Waals surface area (Å²) in [6.45, 7) is 2.98. The lowest BCUT2D eigenvalue weighted by Crippen LogP contribution is -2.29. The molecule has 0 saturated carbocycles. The maximum absolute atomic E-state index is 11.5. The Labute approximate surface area is 82.5 Å². The summed E-state index contributed by atoms with van der Waals surface area (Å²) in [6.07, 6.45) is 0.935. The van der Waals surface area contributed by atoms with Crippen molar-refractivity contribution in [3.8, 4) is 0 Å². The normalized spacial score (nSPS) is 17.0. The maximum Gasteiger partial charge on any atom is 0.326 e. The van der Waals surface area contributed by atoms with Gasteiger partial charge in [-0.15, -0.1) is 0 Å². The lowest BCUT2D eigenvalue weighted by Gasteiger charge is -2.22. The molecule has 1 aliphatic heterocycles. The highest BCUT2D eigenvalue weighted by atomic mass is 16.1. The van der Waals surface area contributed by atoms with Gasteiger partial charge in [-0.25, -0.2) is 4.79 Å². The van der Waals surface area contributed by atoms with Crippen LogP contribution in [0.5, 0.6) is 0 Å². The van der Waals surface area contributed by atoms with Gasteiger partial charge in [0.15, 0.2) is 0 Å². The van der Waals surface area contributed by atoms with E-state index in [0.29, 0.717) is 13.1 Å². The molecule has 1 aromatic heterocycles. The van der Waals surface area contributed by atoms with Crippen LogP contribution in [0.3, 0.4) is 0 Å². The molecule has 14 heavy (non-hydrogen) atoms. The van der Waals surface area contributed by atoms with Crippen molar-refractivity contribution in [1.29, 1.82) is 0 Å². The Morgan fingerprint density at radius 3 is 3.07 bits per heavy atom.